The van der Waals surface area contributed by atoms with Gasteiger partial charge in [0.05, 0.1) is 19.1 Å². The smallest absolute Gasteiger partial charge is 0.244 e. The van der Waals surface area contributed by atoms with Gasteiger partial charge in [-0.15, -0.1) is 0 Å². The van der Waals surface area contributed by atoms with Crippen LogP contribution in [0.1, 0.15) is 25.8 Å². The lowest BCUT2D eigenvalue weighted by Crippen LogP contribution is -2.51. The quantitative estimate of drug-likeness (QED) is 0.534. The summed E-state index contributed by atoms with van der Waals surface area (Å²) in [5.41, 5.74) is 0.483. The SMILES string of the molecule is CCCNC(=O)C(C)N(Cc1ccccc1F)C(=O)CN(c1ccc(OC)cc1)S(C)(=O)=O. The van der Waals surface area contributed by atoms with Crippen molar-refractivity contribution in [2.45, 2.75) is 32.9 Å². The van der Waals surface area contributed by atoms with Crippen LogP contribution in [0.15, 0.2) is 48.5 Å². The average molecular weight is 480 g/mol. The number of halogens is 1. The zero-order chi connectivity index (χ0) is 24.6. The molecule has 0 saturated heterocycles. The molecule has 0 bridgehead atoms. The number of anilines is 1. The molecule has 2 amide bonds. The minimum absolute atomic E-state index is 0.188. The number of amides is 2. The summed E-state index contributed by atoms with van der Waals surface area (Å²) in [5, 5.41) is 2.72. The Morgan fingerprint density at radius 3 is 2.30 bits per heavy atom. The van der Waals surface area contributed by atoms with Gasteiger partial charge in [-0.1, -0.05) is 25.1 Å². The number of carbonyl (C=O) groups excluding carboxylic acids is 2. The number of hydrogen-bond acceptors (Lipinski definition) is 5. The second-order valence-electron chi connectivity index (χ2n) is 7.55. The molecule has 0 aliphatic carbocycles. The van der Waals surface area contributed by atoms with Crippen molar-refractivity contribution in [2.24, 2.45) is 0 Å². The monoisotopic (exact) mass is 479 g/mol. The highest BCUT2D eigenvalue weighted by atomic mass is 32.2. The lowest BCUT2D eigenvalue weighted by atomic mass is 10.1. The van der Waals surface area contributed by atoms with Gasteiger partial charge in [0.15, 0.2) is 0 Å². The van der Waals surface area contributed by atoms with E-state index in [4.69, 9.17) is 4.74 Å². The molecule has 0 spiro atoms. The minimum Gasteiger partial charge on any atom is -0.497 e. The second-order valence-corrected chi connectivity index (χ2v) is 9.45. The van der Waals surface area contributed by atoms with Gasteiger partial charge in [0.1, 0.15) is 24.2 Å². The van der Waals surface area contributed by atoms with Crippen molar-refractivity contribution in [3.05, 3.63) is 59.9 Å². The van der Waals surface area contributed by atoms with Crippen molar-refractivity contribution in [1.82, 2.24) is 10.2 Å². The number of sulfonamides is 1. The van der Waals surface area contributed by atoms with Crippen molar-refractivity contribution < 1.29 is 27.1 Å². The molecule has 0 aliphatic rings. The standard InChI is InChI=1S/C23H30FN3O5S/c1-5-14-25-23(29)17(2)26(15-18-8-6-7-9-21(18)24)22(28)16-27(33(4,30)31)19-10-12-20(32-3)13-11-19/h6-13,17H,5,14-16H2,1-4H3,(H,25,29). The molecule has 1 atom stereocenters. The predicted octanol–water partition coefficient (Wildman–Crippen LogP) is 2.54. The molecule has 0 radical (unpaired) electrons. The summed E-state index contributed by atoms with van der Waals surface area (Å²) in [7, 11) is -2.35. The molecule has 8 nitrogen and oxygen atoms in total. The molecular formula is C23H30FN3O5S. The molecule has 33 heavy (non-hydrogen) atoms. The van der Waals surface area contributed by atoms with Gasteiger partial charge >= 0.3 is 0 Å². The summed E-state index contributed by atoms with van der Waals surface area (Å²) in [5.74, 6) is -1.04. The predicted molar refractivity (Wildman–Crippen MR) is 125 cm³/mol. The van der Waals surface area contributed by atoms with Crippen LogP contribution in [0.3, 0.4) is 0 Å². The highest BCUT2D eigenvalue weighted by Crippen LogP contribution is 2.22. The van der Waals surface area contributed by atoms with Crippen LogP contribution in [0, 0.1) is 5.82 Å². The van der Waals surface area contributed by atoms with Crippen molar-refractivity contribution in [3.8, 4) is 5.75 Å². The van der Waals surface area contributed by atoms with Crippen LogP contribution in [0.4, 0.5) is 10.1 Å². The van der Waals surface area contributed by atoms with Gasteiger partial charge < -0.3 is 15.0 Å². The Kier molecular flexibility index (Phi) is 9.22. The number of methoxy groups -OCH3 is 1. The number of ether oxygens (including phenoxy) is 1. The highest BCUT2D eigenvalue weighted by molar-refractivity contribution is 7.92. The fraction of sp³-hybridized carbons (Fsp3) is 0.391. The van der Waals surface area contributed by atoms with Crippen molar-refractivity contribution >= 4 is 27.5 Å². The van der Waals surface area contributed by atoms with E-state index in [0.717, 1.165) is 10.6 Å². The summed E-state index contributed by atoms with van der Waals surface area (Å²) in [4.78, 5) is 27.1. The third-order valence-electron chi connectivity index (χ3n) is 5.05. The Morgan fingerprint density at radius 1 is 1.12 bits per heavy atom. The van der Waals surface area contributed by atoms with Crippen molar-refractivity contribution in [2.75, 3.05) is 30.8 Å². The van der Waals surface area contributed by atoms with Crippen molar-refractivity contribution in [1.29, 1.82) is 0 Å². The van der Waals surface area contributed by atoms with E-state index in [2.05, 4.69) is 5.32 Å². The molecule has 0 aromatic heterocycles. The van der Waals surface area contributed by atoms with Crippen molar-refractivity contribution in [3.63, 3.8) is 0 Å². The van der Waals surface area contributed by atoms with Gasteiger partial charge in [0.2, 0.25) is 21.8 Å². The number of hydrogen-bond donors (Lipinski definition) is 1. The molecule has 1 unspecified atom stereocenters. The van der Waals surface area contributed by atoms with Crippen LogP contribution in [-0.4, -0.2) is 57.6 Å². The number of carbonyl (C=O) groups is 2. The first kappa shape index (κ1) is 26.1. The third kappa shape index (κ3) is 7.18. The molecule has 0 aliphatic heterocycles. The molecule has 2 aromatic carbocycles. The molecule has 1 N–H and O–H groups in total. The molecule has 2 aromatic rings. The number of nitrogens with one attached hydrogen (secondary N) is 1. The average Bonchev–Trinajstić information content (AvgIpc) is 2.79. The van der Waals surface area contributed by atoms with Gasteiger partial charge in [-0.05, 0) is 43.7 Å². The lowest BCUT2D eigenvalue weighted by Gasteiger charge is -2.31. The first-order chi connectivity index (χ1) is 15.6. The molecule has 0 saturated carbocycles. The van der Waals surface area contributed by atoms with Gasteiger partial charge in [-0.25, -0.2) is 12.8 Å². The van der Waals surface area contributed by atoms with E-state index >= 15 is 0 Å². The minimum atomic E-state index is -3.84. The van der Waals surface area contributed by atoms with E-state index in [1.54, 1.807) is 18.2 Å². The molecule has 0 fully saturated rings. The topological polar surface area (TPSA) is 96.0 Å². The Bertz CT molecular complexity index is 1060. The third-order valence-corrected chi connectivity index (χ3v) is 6.20. The summed E-state index contributed by atoms with van der Waals surface area (Å²) < 4.78 is 45.3. The maximum Gasteiger partial charge on any atom is 0.244 e. The van der Waals surface area contributed by atoms with Gasteiger partial charge in [0, 0.05) is 18.7 Å². The summed E-state index contributed by atoms with van der Waals surface area (Å²) in [6.45, 7) is 3.11. The zero-order valence-corrected chi connectivity index (χ0v) is 20.1. The Morgan fingerprint density at radius 2 is 1.76 bits per heavy atom. The largest absolute Gasteiger partial charge is 0.497 e. The van der Waals surface area contributed by atoms with E-state index in [9.17, 15) is 22.4 Å². The summed E-state index contributed by atoms with van der Waals surface area (Å²) in [6, 6.07) is 11.2. The van der Waals surface area contributed by atoms with E-state index in [1.807, 2.05) is 6.92 Å². The molecule has 180 valence electrons. The van der Waals surface area contributed by atoms with Crippen LogP contribution in [-0.2, 0) is 26.2 Å². The first-order valence-corrected chi connectivity index (χ1v) is 12.4. The Hall–Kier alpha value is -3.14. The number of rotatable bonds is 11. The Balaban J connectivity index is 2.37. The number of nitrogens with zero attached hydrogens (tertiary/aromatic N) is 2. The normalized spacial score (nSPS) is 12.0. The molecular weight excluding hydrogens is 449 g/mol. The van der Waals surface area contributed by atoms with Gasteiger partial charge in [-0.2, -0.15) is 0 Å². The summed E-state index contributed by atoms with van der Waals surface area (Å²) >= 11 is 0. The van der Waals surface area contributed by atoms with E-state index < -0.39 is 40.2 Å². The molecule has 10 heteroatoms. The van der Waals surface area contributed by atoms with E-state index in [1.165, 1.54) is 49.3 Å². The zero-order valence-electron chi connectivity index (χ0n) is 19.2. The molecule has 0 heterocycles. The van der Waals surface area contributed by atoms with Gasteiger partial charge in [-0.3, -0.25) is 13.9 Å². The number of benzene rings is 2. The maximum atomic E-state index is 14.3. The lowest BCUT2D eigenvalue weighted by molar-refractivity contribution is -0.139. The first-order valence-electron chi connectivity index (χ1n) is 10.5. The summed E-state index contributed by atoms with van der Waals surface area (Å²) in [6.07, 6.45) is 1.70. The van der Waals surface area contributed by atoms with Crippen LogP contribution < -0.4 is 14.4 Å². The van der Waals surface area contributed by atoms with E-state index in [-0.39, 0.29) is 17.8 Å². The van der Waals surface area contributed by atoms with Crippen LogP contribution in [0.2, 0.25) is 0 Å². The van der Waals surface area contributed by atoms with Crippen LogP contribution in [0.25, 0.3) is 0 Å². The second kappa shape index (κ2) is 11.6. The molecule has 2 rings (SSSR count). The highest BCUT2D eigenvalue weighted by Gasteiger charge is 2.30. The van der Waals surface area contributed by atoms with Gasteiger partial charge in [0.25, 0.3) is 0 Å². The fourth-order valence-electron chi connectivity index (χ4n) is 3.15. The van der Waals surface area contributed by atoms with E-state index in [0.29, 0.717) is 18.7 Å². The Labute approximate surface area is 194 Å². The maximum absolute atomic E-state index is 14.3. The van der Waals surface area contributed by atoms with Crippen LogP contribution in [0.5, 0.6) is 5.75 Å². The fourth-order valence-corrected chi connectivity index (χ4v) is 4.00. The van der Waals surface area contributed by atoms with Crippen LogP contribution >= 0.6 is 0 Å².